The number of benzene rings is 1. The third-order valence-electron chi connectivity index (χ3n) is 3.89. The number of nitro groups is 2. The molecule has 1 amide bonds. The van der Waals surface area contributed by atoms with E-state index in [1.54, 1.807) is 0 Å². The molecule has 1 aliphatic carbocycles. The highest BCUT2D eigenvalue weighted by Crippen LogP contribution is 2.40. The van der Waals surface area contributed by atoms with Crippen LogP contribution in [-0.2, 0) is 0 Å². The van der Waals surface area contributed by atoms with Crippen LogP contribution in [0.2, 0.25) is 0 Å². The molecule has 0 bridgehead atoms. The van der Waals surface area contributed by atoms with Crippen molar-refractivity contribution in [2.24, 2.45) is 0 Å². The Bertz CT molecular complexity index is 696. The van der Waals surface area contributed by atoms with Crippen LogP contribution in [0.15, 0.2) is 18.2 Å². The number of hydrogen-bond donors (Lipinski definition) is 1. The van der Waals surface area contributed by atoms with Crippen molar-refractivity contribution < 1.29 is 27.8 Å². The van der Waals surface area contributed by atoms with E-state index in [0.717, 1.165) is 12.1 Å². The van der Waals surface area contributed by atoms with Gasteiger partial charge in [-0.15, -0.1) is 0 Å². The van der Waals surface area contributed by atoms with Gasteiger partial charge in [0, 0.05) is 23.4 Å². The fraction of sp³-hybridized carbons (Fsp3) is 0.500. The average molecular weight is 393 g/mol. The Hall–Kier alpha value is -2.37. The summed E-state index contributed by atoms with van der Waals surface area (Å²) < 4.78 is 38.0. The summed E-state index contributed by atoms with van der Waals surface area (Å²) in [7, 11) is 0. The molecule has 0 aliphatic heterocycles. The second-order valence-electron chi connectivity index (χ2n) is 5.72. The zero-order valence-corrected chi connectivity index (χ0v) is 14.0. The smallest absolute Gasteiger partial charge is 0.348 e. The molecule has 142 valence electrons. The maximum absolute atomic E-state index is 12.7. The summed E-state index contributed by atoms with van der Waals surface area (Å²) in [6, 6.07) is 1.65. The summed E-state index contributed by atoms with van der Waals surface area (Å²) in [5.74, 6) is -0.878. The zero-order valence-electron chi connectivity index (χ0n) is 13.2. The molecule has 12 heteroatoms. The lowest BCUT2D eigenvalue weighted by Gasteiger charge is -2.32. The fourth-order valence-electron chi connectivity index (χ4n) is 2.76. The van der Waals surface area contributed by atoms with E-state index in [1.165, 1.54) is 0 Å². The number of hydrogen-bond acceptors (Lipinski definition) is 6. The number of carbonyl (C=O) groups is 1. The largest absolute Gasteiger partial charge is 0.442 e. The van der Waals surface area contributed by atoms with Crippen molar-refractivity contribution in [3.8, 4) is 0 Å². The number of nitrogens with one attached hydrogen (secondary N) is 1. The van der Waals surface area contributed by atoms with E-state index in [9.17, 15) is 38.2 Å². The predicted octanol–water partition coefficient (Wildman–Crippen LogP) is 3.80. The Morgan fingerprint density at radius 3 is 2.12 bits per heavy atom. The van der Waals surface area contributed by atoms with Crippen molar-refractivity contribution in [2.75, 3.05) is 0 Å². The first kappa shape index (κ1) is 19.9. The Kier molecular flexibility index (Phi) is 6.05. The Morgan fingerprint density at radius 2 is 1.62 bits per heavy atom. The Morgan fingerprint density at radius 1 is 1.08 bits per heavy atom. The molecule has 0 saturated heterocycles. The third kappa shape index (κ3) is 5.31. The highest BCUT2D eigenvalue weighted by molar-refractivity contribution is 8.00. The number of carbonyl (C=O) groups excluding carboxylic acids is 1. The van der Waals surface area contributed by atoms with Crippen LogP contribution in [0.25, 0.3) is 0 Å². The first-order valence-electron chi connectivity index (χ1n) is 7.56. The predicted molar refractivity (Wildman–Crippen MR) is 86.9 cm³/mol. The molecule has 8 nitrogen and oxygen atoms in total. The Balaban J connectivity index is 2.22. The van der Waals surface area contributed by atoms with E-state index in [0.29, 0.717) is 25.3 Å². The van der Waals surface area contributed by atoms with E-state index in [4.69, 9.17) is 0 Å². The summed E-state index contributed by atoms with van der Waals surface area (Å²) in [6.07, 6.45) is 1.83. The highest BCUT2D eigenvalue weighted by Gasteiger charge is 2.38. The van der Waals surface area contributed by atoms with E-state index in [1.807, 2.05) is 0 Å². The normalized spacial score (nSPS) is 20.4. The maximum atomic E-state index is 12.7. The van der Waals surface area contributed by atoms with Gasteiger partial charge in [0.05, 0.1) is 21.5 Å². The lowest BCUT2D eigenvalue weighted by atomic mass is 9.94. The number of alkyl halides is 3. The minimum absolute atomic E-state index is 0.192. The minimum atomic E-state index is -4.45. The second kappa shape index (κ2) is 7.89. The number of thioether (sulfide) groups is 1. The number of non-ortho nitro benzene ring substituents is 2. The van der Waals surface area contributed by atoms with Crippen LogP contribution < -0.4 is 5.32 Å². The molecular formula is C14H14F3N3O5S. The van der Waals surface area contributed by atoms with Gasteiger partial charge in [-0.05, 0) is 24.6 Å². The maximum Gasteiger partial charge on any atom is 0.442 e. The van der Waals surface area contributed by atoms with Crippen molar-refractivity contribution >= 4 is 29.0 Å². The van der Waals surface area contributed by atoms with E-state index >= 15 is 0 Å². The number of halogens is 3. The van der Waals surface area contributed by atoms with Gasteiger partial charge in [-0.3, -0.25) is 25.0 Å². The van der Waals surface area contributed by atoms with Gasteiger partial charge in [-0.25, -0.2) is 0 Å². The SMILES string of the molecule is O=C(NC1CCCCC1SC(F)(F)F)c1cc([N+](=O)[O-])cc([N+](=O)[O-])c1. The van der Waals surface area contributed by atoms with E-state index in [-0.39, 0.29) is 23.7 Å². The first-order chi connectivity index (χ1) is 12.1. The van der Waals surface area contributed by atoms with Crippen LogP contribution in [0, 0.1) is 20.2 Å². The third-order valence-corrected chi connectivity index (χ3v) is 5.02. The summed E-state index contributed by atoms with van der Waals surface area (Å²) in [5, 5.41) is 23.3. The topological polar surface area (TPSA) is 115 Å². The van der Waals surface area contributed by atoms with Crippen molar-refractivity contribution in [2.45, 2.75) is 42.5 Å². The van der Waals surface area contributed by atoms with Gasteiger partial charge >= 0.3 is 5.51 Å². The van der Waals surface area contributed by atoms with Crippen LogP contribution in [0.5, 0.6) is 0 Å². The molecule has 0 heterocycles. The molecule has 0 radical (unpaired) electrons. The molecule has 1 N–H and O–H groups in total. The molecule has 0 aromatic heterocycles. The van der Waals surface area contributed by atoms with E-state index < -0.39 is 43.9 Å². The molecular weight excluding hydrogens is 379 g/mol. The molecule has 1 aromatic carbocycles. The molecule has 1 aliphatic rings. The lowest BCUT2D eigenvalue weighted by molar-refractivity contribution is -0.394. The van der Waals surface area contributed by atoms with Gasteiger partial charge in [-0.1, -0.05) is 12.8 Å². The van der Waals surface area contributed by atoms with Gasteiger partial charge in [0.1, 0.15) is 0 Å². The summed E-state index contributed by atoms with van der Waals surface area (Å²) in [6.45, 7) is 0. The Labute approximate surface area is 149 Å². The fourth-order valence-corrected chi connectivity index (χ4v) is 3.76. The molecule has 2 unspecified atom stereocenters. The molecule has 26 heavy (non-hydrogen) atoms. The quantitative estimate of drug-likeness (QED) is 0.601. The van der Waals surface area contributed by atoms with Crippen LogP contribution in [0.1, 0.15) is 36.0 Å². The monoisotopic (exact) mass is 393 g/mol. The standard InChI is InChI=1S/C14H14F3N3O5S/c15-14(16,17)26-12-4-2-1-3-11(12)18-13(21)8-5-9(19(22)23)7-10(6-8)20(24)25/h5-7,11-12H,1-4H2,(H,18,21). The van der Waals surface area contributed by atoms with Crippen LogP contribution in [0.3, 0.4) is 0 Å². The van der Waals surface area contributed by atoms with Gasteiger partial charge in [0.15, 0.2) is 0 Å². The van der Waals surface area contributed by atoms with Gasteiger partial charge in [0.25, 0.3) is 17.3 Å². The number of nitro benzene ring substituents is 2. The van der Waals surface area contributed by atoms with Gasteiger partial charge in [-0.2, -0.15) is 13.2 Å². The number of amides is 1. The summed E-state index contributed by atoms with van der Waals surface area (Å²) in [4.78, 5) is 32.3. The van der Waals surface area contributed by atoms with Crippen LogP contribution >= 0.6 is 11.8 Å². The molecule has 1 aromatic rings. The average Bonchev–Trinajstić information content (AvgIpc) is 2.54. The van der Waals surface area contributed by atoms with Crippen LogP contribution in [-0.4, -0.2) is 32.6 Å². The van der Waals surface area contributed by atoms with Crippen LogP contribution in [0.4, 0.5) is 24.5 Å². The zero-order chi connectivity index (χ0) is 19.5. The van der Waals surface area contributed by atoms with Gasteiger partial charge < -0.3 is 5.32 Å². The van der Waals surface area contributed by atoms with Crippen molar-refractivity contribution in [3.63, 3.8) is 0 Å². The number of nitrogens with zero attached hydrogens (tertiary/aromatic N) is 2. The molecule has 1 fully saturated rings. The first-order valence-corrected chi connectivity index (χ1v) is 8.44. The van der Waals surface area contributed by atoms with Crippen molar-refractivity contribution in [1.29, 1.82) is 0 Å². The lowest BCUT2D eigenvalue weighted by Crippen LogP contribution is -2.44. The molecule has 2 rings (SSSR count). The van der Waals surface area contributed by atoms with Crippen molar-refractivity contribution in [1.82, 2.24) is 5.32 Å². The van der Waals surface area contributed by atoms with Gasteiger partial charge in [0.2, 0.25) is 0 Å². The molecule has 2 atom stereocenters. The summed E-state index contributed by atoms with van der Waals surface area (Å²) >= 11 is -0.192. The highest BCUT2D eigenvalue weighted by atomic mass is 32.2. The number of rotatable bonds is 5. The second-order valence-corrected chi connectivity index (χ2v) is 7.02. The van der Waals surface area contributed by atoms with E-state index in [2.05, 4.69) is 5.32 Å². The van der Waals surface area contributed by atoms with Crippen molar-refractivity contribution in [3.05, 3.63) is 44.0 Å². The molecule has 1 saturated carbocycles. The molecule has 0 spiro atoms. The minimum Gasteiger partial charge on any atom is -0.348 e. The summed E-state index contributed by atoms with van der Waals surface area (Å²) in [5.41, 5.74) is -6.08.